The first-order valence-electron chi connectivity index (χ1n) is 9.94. The number of nitriles is 1. The molecule has 0 radical (unpaired) electrons. The third kappa shape index (κ3) is 4.16. The van der Waals surface area contributed by atoms with E-state index in [-0.39, 0.29) is 22.8 Å². The van der Waals surface area contributed by atoms with Crippen molar-refractivity contribution in [1.82, 2.24) is 4.90 Å². The molecule has 164 valence electrons. The minimum absolute atomic E-state index is 0.0386. The highest BCUT2D eigenvalue weighted by Gasteiger charge is 2.34. The maximum Gasteiger partial charge on any atom is 0.347 e. The number of nitrogens with zero attached hydrogens (tertiary/aromatic N) is 2. The fraction of sp³-hybridized carbons (Fsp3) is 0.120. The number of imide groups is 1. The van der Waals surface area contributed by atoms with Crippen molar-refractivity contribution in [3.63, 3.8) is 0 Å². The Kier molecular flexibility index (Phi) is 5.86. The zero-order valence-corrected chi connectivity index (χ0v) is 18.4. The lowest BCUT2D eigenvalue weighted by molar-refractivity contribution is -0.141. The summed E-state index contributed by atoms with van der Waals surface area (Å²) in [6, 6.07) is 17.4. The molecule has 1 aliphatic rings. The van der Waals surface area contributed by atoms with Gasteiger partial charge in [-0.05, 0) is 35.9 Å². The smallest absolute Gasteiger partial charge is 0.347 e. The van der Waals surface area contributed by atoms with Crippen molar-refractivity contribution in [2.45, 2.75) is 19.8 Å². The fourth-order valence-electron chi connectivity index (χ4n) is 3.66. The lowest BCUT2D eigenvalue weighted by Gasteiger charge is -2.29. The molecule has 33 heavy (non-hydrogen) atoms. The summed E-state index contributed by atoms with van der Waals surface area (Å²) in [4.78, 5) is 38.1. The zero-order chi connectivity index (χ0) is 23.7. The third-order valence-corrected chi connectivity index (χ3v) is 5.41. The molecule has 3 aromatic rings. The number of benzene rings is 2. The Morgan fingerprint density at radius 2 is 1.73 bits per heavy atom. The summed E-state index contributed by atoms with van der Waals surface area (Å²) in [5, 5.41) is 11.1. The number of ether oxygens (including phenoxy) is 1. The van der Waals surface area contributed by atoms with Crippen LogP contribution in [0.2, 0.25) is 5.02 Å². The van der Waals surface area contributed by atoms with Gasteiger partial charge in [0.05, 0.1) is 0 Å². The van der Waals surface area contributed by atoms with Crippen LogP contribution in [0.4, 0.5) is 0 Å². The third-order valence-electron chi connectivity index (χ3n) is 5.16. The van der Waals surface area contributed by atoms with Crippen molar-refractivity contribution < 1.29 is 18.7 Å². The second kappa shape index (κ2) is 8.77. The van der Waals surface area contributed by atoms with Gasteiger partial charge in [0.15, 0.2) is 0 Å². The van der Waals surface area contributed by atoms with Gasteiger partial charge in [0.1, 0.15) is 28.5 Å². The molecule has 0 saturated heterocycles. The molecule has 2 aromatic carbocycles. The Morgan fingerprint density at radius 3 is 2.36 bits per heavy atom. The van der Waals surface area contributed by atoms with Crippen molar-refractivity contribution in [3.8, 4) is 6.07 Å². The molecular weight excluding hydrogens is 444 g/mol. The highest BCUT2D eigenvalue weighted by molar-refractivity contribution is 6.30. The normalized spacial score (nSPS) is 15.5. The lowest BCUT2D eigenvalue weighted by atomic mass is 9.89. The predicted octanol–water partition coefficient (Wildman–Crippen LogP) is 4.73. The van der Waals surface area contributed by atoms with Gasteiger partial charge in [-0.25, -0.2) is 9.69 Å². The maximum atomic E-state index is 12.8. The first-order valence-corrected chi connectivity index (χ1v) is 10.3. The summed E-state index contributed by atoms with van der Waals surface area (Å²) in [6.07, 6.45) is 1.59. The van der Waals surface area contributed by atoms with E-state index in [1.807, 2.05) is 0 Å². The van der Waals surface area contributed by atoms with Gasteiger partial charge < -0.3 is 9.15 Å². The van der Waals surface area contributed by atoms with Gasteiger partial charge in [0.2, 0.25) is 17.7 Å². The Labute approximate surface area is 193 Å². The molecule has 0 aliphatic carbocycles. The number of halogens is 1. The van der Waals surface area contributed by atoms with Crippen molar-refractivity contribution in [2.75, 3.05) is 0 Å². The van der Waals surface area contributed by atoms with Gasteiger partial charge in [-0.1, -0.05) is 41.9 Å². The van der Waals surface area contributed by atoms with E-state index in [4.69, 9.17) is 20.8 Å². The molecule has 8 heteroatoms. The van der Waals surface area contributed by atoms with Crippen LogP contribution in [0, 0.1) is 11.3 Å². The number of rotatable bonds is 3. The highest BCUT2D eigenvalue weighted by Crippen LogP contribution is 2.39. The maximum absolute atomic E-state index is 12.8. The van der Waals surface area contributed by atoms with Crippen LogP contribution in [0.3, 0.4) is 0 Å². The monoisotopic (exact) mass is 460 g/mol. The molecule has 4 rings (SSSR count). The van der Waals surface area contributed by atoms with Crippen LogP contribution in [-0.4, -0.2) is 16.7 Å². The van der Waals surface area contributed by atoms with Crippen molar-refractivity contribution in [2.24, 2.45) is 0 Å². The molecule has 7 nitrogen and oxygen atoms in total. The van der Waals surface area contributed by atoms with Crippen molar-refractivity contribution in [1.29, 1.82) is 5.26 Å². The topological polar surface area (TPSA) is 101 Å². The van der Waals surface area contributed by atoms with Crippen LogP contribution >= 0.6 is 11.6 Å². The number of hydrogen-bond acceptors (Lipinski definition) is 6. The summed E-state index contributed by atoms with van der Waals surface area (Å²) >= 11 is 6.02. The Hall–Kier alpha value is -4.15. The summed E-state index contributed by atoms with van der Waals surface area (Å²) in [5.41, 5.74) is 0.531. The minimum atomic E-state index is -0.710. The van der Waals surface area contributed by atoms with Crippen molar-refractivity contribution >= 4 is 40.1 Å². The van der Waals surface area contributed by atoms with Gasteiger partial charge in [-0.3, -0.25) is 9.59 Å². The number of fused-ring (bicyclic) bond motifs is 1. The van der Waals surface area contributed by atoms with Crippen LogP contribution in [0.5, 0.6) is 0 Å². The van der Waals surface area contributed by atoms with E-state index < -0.39 is 23.4 Å². The number of carbonyl (C=O) groups is 2. The molecule has 0 N–H and O–H groups in total. The first-order chi connectivity index (χ1) is 15.8. The molecular formula is C25H17ClN2O5. The highest BCUT2D eigenvalue weighted by atomic mass is 35.5. The quantitative estimate of drug-likeness (QED) is 0.524. The predicted molar refractivity (Wildman–Crippen MR) is 122 cm³/mol. The van der Waals surface area contributed by atoms with Crippen LogP contribution in [0.25, 0.3) is 16.7 Å². The van der Waals surface area contributed by atoms with Gasteiger partial charge in [0.25, 0.3) is 0 Å². The molecule has 0 bridgehead atoms. The standard InChI is InChI=1S/C25H17ClN2O5/c1-14(29)28(15(2)30)24-21(13-27)19(16-7-9-18(26)10-8-16)12-23(32-24)20-11-17-5-3-4-6-22(17)33-25(20)31/h3-12,19H,1-2H3. The van der Waals surface area contributed by atoms with E-state index >= 15 is 0 Å². The van der Waals surface area contributed by atoms with Gasteiger partial charge >= 0.3 is 5.63 Å². The number of amides is 2. The molecule has 0 fully saturated rings. The lowest BCUT2D eigenvalue weighted by Crippen LogP contribution is -2.36. The van der Waals surface area contributed by atoms with E-state index in [0.717, 1.165) is 4.90 Å². The largest absolute Gasteiger partial charge is 0.439 e. The van der Waals surface area contributed by atoms with E-state index in [1.165, 1.54) is 13.8 Å². The molecule has 0 spiro atoms. The Bertz CT molecular complexity index is 1430. The molecule has 2 heterocycles. The van der Waals surface area contributed by atoms with Crippen LogP contribution in [-0.2, 0) is 14.3 Å². The summed E-state index contributed by atoms with van der Waals surface area (Å²) in [5.74, 6) is -2.16. The molecule has 1 aliphatic heterocycles. The summed E-state index contributed by atoms with van der Waals surface area (Å²) < 4.78 is 11.3. The van der Waals surface area contributed by atoms with E-state index in [1.54, 1.807) is 60.7 Å². The average Bonchev–Trinajstić information content (AvgIpc) is 2.78. The number of allylic oxidation sites excluding steroid dienone is 2. The Morgan fingerprint density at radius 1 is 1.06 bits per heavy atom. The van der Waals surface area contributed by atoms with Gasteiger partial charge in [-0.2, -0.15) is 5.26 Å². The zero-order valence-electron chi connectivity index (χ0n) is 17.7. The molecule has 0 saturated carbocycles. The second-order valence-corrected chi connectivity index (χ2v) is 7.79. The summed E-state index contributed by atoms with van der Waals surface area (Å²) in [7, 11) is 0. The van der Waals surface area contributed by atoms with E-state index in [0.29, 0.717) is 21.6 Å². The number of carbonyl (C=O) groups excluding carboxylic acids is 2. The molecule has 2 amide bonds. The van der Waals surface area contributed by atoms with E-state index in [9.17, 15) is 19.6 Å². The van der Waals surface area contributed by atoms with Gasteiger partial charge in [-0.15, -0.1) is 0 Å². The van der Waals surface area contributed by atoms with Gasteiger partial charge in [0, 0.05) is 30.2 Å². The number of hydrogen-bond donors (Lipinski definition) is 0. The van der Waals surface area contributed by atoms with E-state index in [2.05, 4.69) is 6.07 Å². The number of para-hydroxylation sites is 1. The van der Waals surface area contributed by atoms with Crippen LogP contribution in [0.15, 0.2) is 81.3 Å². The van der Waals surface area contributed by atoms with Crippen LogP contribution in [0.1, 0.15) is 30.9 Å². The average molecular weight is 461 g/mol. The fourth-order valence-corrected chi connectivity index (χ4v) is 3.79. The first kappa shape index (κ1) is 22.1. The summed E-state index contributed by atoms with van der Waals surface area (Å²) in [6.45, 7) is 2.37. The van der Waals surface area contributed by atoms with Crippen molar-refractivity contribution in [3.05, 3.63) is 98.7 Å². The molecule has 1 aromatic heterocycles. The molecule has 1 unspecified atom stereocenters. The minimum Gasteiger partial charge on any atom is -0.439 e. The second-order valence-electron chi connectivity index (χ2n) is 7.35. The SMILES string of the molecule is CC(=O)N(C(C)=O)C1=C(C#N)C(c2ccc(Cl)cc2)C=C(c2cc3ccccc3oc2=O)O1. The van der Waals surface area contributed by atoms with Crippen LogP contribution < -0.4 is 5.63 Å². The molecule has 1 atom stereocenters. The Balaban J connectivity index is 1.96.